The van der Waals surface area contributed by atoms with Gasteiger partial charge >= 0.3 is 0 Å². The fraction of sp³-hybridized carbons (Fsp3) is 0.333. The van der Waals surface area contributed by atoms with E-state index in [1.54, 1.807) is 0 Å². The van der Waals surface area contributed by atoms with Gasteiger partial charge < -0.3 is 5.32 Å². The van der Waals surface area contributed by atoms with Crippen molar-refractivity contribution in [3.05, 3.63) is 36.0 Å². The highest BCUT2D eigenvalue weighted by atomic mass is 14.9. The van der Waals surface area contributed by atoms with Crippen LogP contribution in [0.4, 0.5) is 5.69 Å². The van der Waals surface area contributed by atoms with Crippen LogP contribution in [0, 0.1) is 17.2 Å². The summed E-state index contributed by atoms with van der Waals surface area (Å²) in [6, 6.07) is 11.9. The van der Waals surface area contributed by atoms with Gasteiger partial charge in [-0.25, -0.2) is 4.98 Å². The highest BCUT2D eigenvalue weighted by Crippen LogP contribution is 2.28. The maximum atomic E-state index is 9.02. The van der Waals surface area contributed by atoms with Gasteiger partial charge in [-0.2, -0.15) is 5.26 Å². The second kappa shape index (κ2) is 4.66. The molecule has 0 atom stereocenters. The van der Waals surface area contributed by atoms with Crippen molar-refractivity contribution in [3.63, 3.8) is 0 Å². The molecule has 0 spiro atoms. The van der Waals surface area contributed by atoms with E-state index in [1.807, 2.05) is 30.3 Å². The molecule has 1 saturated carbocycles. The summed E-state index contributed by atoms with van der Waals surface area (Å²) in [7, 11) is 0. The number of anilines is 1. The predicted molar refractivity (Wildman–Crippen MR) is 72.3 cm³/mol. The molecule has 1 aromatic carbocycles. The smallest absolute Gasteiger partial charge is 0.143 e. The maximum absolute atomic E-state index is 9.02. The van der Waals surface area contributed by atoms with E-state index in [0.29, 0.717) is 5.69 Å². The summed E-state index contributed by atoms with van der Waals surface area (Å²) in [5.74, 6) is 0.794. The molecule has 0 unspecified atom stereocenters. The number of nitriles is 1. The first kappa shape index (κ1) is 11.0. The summed E-state index contributed by atoms with van der Waals surface area (Å²) >= 11 is 0. The number of aromatic nitrogens is 1. The second-order valence-electron chi connectivity index (χ2n) is 4.86. The molecule has 3 rings (SSSR count). The van der Waals surface area contributed by atoms with Crippen molar-refractivity contribution >= 4 is 16.6 Å². The lowest BCUT2D eigenvalue weighted by atomic mass is 9.85. The number of nitrogens with zero attached hydrogens (tertiary/aromatic N) is 2. The quantitative estimate of drug-likeness (QED) is 0.890. The molecule has 0 bridgehead atoms. The summed E-state index contributed by atoms with van der Waals surface area (Å²) < 4.78 is 0. The standard InChI is InChI=1S/C15H15N3/c16-9-12-8-15(17-10-11-4-3-5-11)13-6-1-2-7-14(13)18-12/h1-2,6-8,11H,3-5,10H2,(H,17,18). The Morgan fingerprint density at radius 3 is 2.89 bits per heavy atom. The van der Waals surface area contributed by atoms with E-state index in [9.17, 15) is 0 Å². The average Bonchev–Trinajstić information content (AvgIpc) is 2.36. The van der Waals surface area contributed by atoms with E-state index >= 15 is 0 Å². The minimum atomic E-state index is 0.477. The summed E-state index contributed by atoms with van der Waals surface area (Å²) in [5.41, 5.74) is 2.39. The first-order valence-corrected chi connectivity index (χ1v) is 6.40. The molecule has 1 aromatic heterocycles. The second-order valence-corrected chi connectivity index (χ2v) is 4.86. The molecular weight excluding hydrogens is 222 g/mol. The lowest BCUT2D eigenvalue weighted by molar-refractivity contribution is 0.333. The van der Waals surface area contributed by atoms with Gasteiger partial charge in [-0.3, -0.25) is 0 Å². The topological polar surface area (TPSA) is 48.7 Å². The van der Waals surface area contributed by atoms with Crippen molar-refractivity contribution in [2.75, 3.05) is 11.9 Å². The van der Waals surface area contributed by atoms with E-state index in [0.717, 1.165) is 29.1 Å². The number of fused-ring (bicyclic) bond motifs is 1. The number of benzene rings is 1. The van der Waals surface area contributed by atoms with Crippen molar-refractivity contribution in [2.24, 2.45) is 5.92 Å². The predicted octanol–water partition coefficient (Wildman–Crippen LogP) is 3.32. The molecule has 1 aliphatic carbocycles. The third-order valence-electron chi connectivity index (χ3n) is 3.64. The molecule has 0 radical (unpaired) electrons. The fourth-order valence-corrected chi connectivity index (χ4v) is 2.33. The van der Waals surface area contributed by atoms with Crippen LogP contribution >= 0.6 is 0 Å². The van der Waals surface area contributed by atoms with Gasteiger partial charge in [-0.1, -0.05) is 24.6 Å². The van der Waals surface area contributed by atoms with Crippen molar-refractivity contribution < 1.29 is 0 Å². The van der Waals surface area contributed by atoms with Crippen LogP contribution in [0.5, 0.6) is 0 Å². The number of pyridine rings is 1. The van der Waals surface area contributed by atoms with Gasteiger partial charge in [-0.15, -0.1) is 0 Å². The van der Waals surface area contributed by atoms with Gasteiger partial charge in [0.1, 0.15) is 11.8 Å². The number of hydrogen-bond donors (Lipinski definition) is 1. The Balaban J connectivity index is 1.94. The fourth-order valence-electron chi connectivity index (χ4n) is 2.33. The van der Waals surface area contributed by atoms with Gasteiger partial charge in [0.25, 0.3) is 0 Å². The molecule has 90 valence electrons. The van der Waals surface area contributed by atoms with Crippen LogP contribution in [0.1, 0.15) is 25.0 Å². The zero-order valence-corrected chi connectivity index (χ0v) is 10.2. The SMILES string of the molecule is N#Cc1cc(NCC2CCC2)c2ccccc2n1. The van der Waals surface area contributed by atoms with Gasteiger partial charge in [-0.05, 0) is 30.9 Å². The third kappa shape index (κ3) is 2.02. The Hall–Kier alpha value is -2.08. The van der Waals surface area contributed by atoms with E-state index in [1.165, 1.54) is 19.3 Å². The molecular formula is C15H15N3. The molecule has 1 fully saturated rings. The van der Waals surface area contributed by atoms with Crippen LogP contribution in [0.3, 0.4) is 0 Å². The molecule has 0 aliphatic heterocycles. The summed E-state index contributed by atoms with van der Waals surface area (Å²) in [4.78, 5) is 4.31. The Labute approximate surface area is 106 Å². The molecule has 3 heteroatoms. The van der Waals surface area contributed by atoms with Gasteiger partial charge in [0, 0.05) is 17.6 Å². The molecule has 1 heterocycles. The summed E-state index contributed by atoms with van der Waals surface area (Å²) in [5, 5.41) is 13.6. The van der Waals surface area contributed by atoms with Gasteiger partial charge in [0.15, 0.2) is 0 Å². The van der Waals surface area contributed by atoms with Crippen molar-refractivity contribution in [1.29, 1.82) is 5.26 Å². The Bertz CT molecular complexity index is 609. The first-order chi connectivity index (χ1) is 8.86. The molecule has 1 N–H and O–H groups in total. The molecule has 0 amide bonds. The van der Waals surface area contributed by atoms with Crippen LogP contribution in [-0.2, 0) is 0 Å². The Kier molecular flexibility index (Phi) is 2.85. The van der Waals surface area contributed by atoms with Crippen LogP contribution in [-0.4, -0.2) is 11.5 Å². The Morgan fingerprint density at radius 2 is 2.17 bits per heavy atom. The molecule has 0 saturated heterocycles. The minimum absolute atomic E-state index is 0.477. The van der Waals surface area contributed by atoms with E-state index < -0.39 is 0 Å². The molecule has 1 aliphatic rings. The zero-order chi connectivity index (χ0) is 12.4. The highest BCUT2D eigenvalue weighted by molar-refractivity contribution is 5.91. The number of hydrogen-bond acceptors (Lipinski definition) is 3. The lowest BCUT2D eigenvalue weighted by Crippen LogP contribution is -2.21. The number of rotatable bonds is 3. The van der Waals surface area contributed by atoms with Crippen LogP contribution < -0.4 is 5.32 Å². The third-order valence-corrected chi connectivity index (χ3v) is 3.64. The van der Waals surface area contributed by atoms with Crippen LogP contribution in [0.25, 0.3) is 10.9 Å². The molecule has 18 heavy (non-hydrogen) atoms. The molecule has 2 aromatic rings. The van der Waals surface area contributed by atoms with Crippen molar-refractivity contribution in [1.82, 2.24) is 4.98 Å². The van der Waals surface area contributed by atoms with Crippen molar-refractivity contribution in [2.45, 2.75) is 19.3 Å². The van der Waals surface area contributed by atoms with E-state index in [-0.39, 0.29) is 0 Å². The van der Waals surface area contributed by atoms with E-state index in [4.69, 9.17) is 5.26 Å². The first-order valence-electron chi connectivity index (χ1n) is 6.40. The monoisotopic (exact) mass is 237 g/mol. The largest absolute Gasteiger partial charge is 0.384 e. The van der Waals surface area contributed by atoms with Gasteiger partial charge in [0.2, 0.25) is 0 Å². The van der Waals surface area contributed by atoms with Crippen molar-refractivity contribution in [3.8, 4) is 6.07 Å². The van der Waals surface area contributed by atoms with Gasteiger partial charge in [0.05, 0.1) is 5.52 Å². The number of nitrogens with one attached hydrogen (secondary N) is 1. The lowest BCUT2D eigenvalue weighted by Gasteiger charge is -2.26. The number of para-hydroxylation sites is 1. The highest BCUT2D eigenvalue weighted by Gasteiger charge is 2.17. The average molecular weight is 237 g/mol. The summed E-state index contributed by atoms with van der Waals surface area (Å²) in [6.45, 7) is 0.999. The summed E-state index contributed by atoms with van der Waals surface area (Å²) in [6.07, 6.45) is 4.00. The van der Waals surface area contributed by atoms with E-state index in [2.05, 4.69) is 16.4 Å². The van der Waals surface area contributed by atoms with Crippen LogP contribution in [0.15, 0.2) is 30.3 Å². The Morgan fingerprint density at radius 1 is 1.33 bits per heavy atom. The normalized spacial score (nSPS) is 15.1. The zero-order valence-electron chi connectivity index (χ0n) is 10.2. The molecule has 3 nitrogen and oxygen atoms in total. The van der Waals surface area contributed by atoms with Crippen LogP contribution in [0.2, 0.25) is 0 Å². The minimum Gasteiger partial charge on any atom is -0.384 e. The maximum Gasteiger partial charge on any atom is 0.143 e.